The maximum Gasteiger partial charge on any atom is 0.255 e. The number of amides is 1. The Morgan fingerprint density at radius 3 is 2.61 bits per heavy atom. The summed E-state index contributed by atoms with van der Waals surface area (Å²) in [6.07, 6.45) is 3.35. The van der Waals surface area contributed by atoms with Crippen LogP contribution in [0.15, 0.2) is 48.5 Å². The molecular weight excluding hydrogens is 370 g/mol. The zero-order valence-corrected chi connectivity index (χ0v) is 17.7. The number of anilines is 1. The minimum atomic E-state index is -0.232. The molecule has 150 valence electrons. The Kier molecular flexibility index (Phi) is 6.31. The molecular formula is C23H30ClN3O. The van der Waals surface area contributed by atoms with Gasteiger partial charge < -0.3 is 11.1 Å². The smallest absolute Gasteiger partial charge is 0.255 e. The van der Waals surface area contributed by atoms with Crippen LogP contribution in [0.1, 0.15) is 55.1 Å². The molecule has 0 bridgehead atoms. The number of nitrogen functional groups attached to an aromatic ring is 1. The van der Waals surface area contributed by atoms with Crippen LogP contribution >= 0.6 is 11.6 Å². The van der Waals surface area contributed by atoms with Crippen LogP contribution < -0.4 is 11.1 Å². The van der Waals surface area contributed by atoms with Crippen LogP contribution in [0.4, 0.5) is 5.69 Å². The Labute approximate surface area is 173 Å². The van der Waals surface area contributed by atoms with Crippen LogP contribution in [-0.4, -0.2) is 29.9 Å². The molecule has 2 unspecified atom stereocenters. The second kappa shape index (κ2) is 8.54. The van der Waals surface area contributed by atoms with Gasteiger partial charge in [-0.25, -0.2) is 0 Å². The second-order valence-electron chi connectivity index (χ2n) is 8.07. The summed E-state index contributed by atoms with van der Waals surface area (Å²) in [5, 5.41) is 3.63. The summed E-state index contributed by atoms with van der Waals surface area (Å²) in [4.78, 5) is 15.6. The summed E-state index contributed by atoms with van der Waals surface area (Å²) in [7, 11) is 2.16. The predicted molar refractivity (Wildman–Crippen MR) is 117 cm³/mol. The second-order valence-corrected chi connectivity index (χ2v) is 8.48. The summed E-state index contributed by atoms with van der Waals surface area (Å²) in [5.74, 6) is 0.466. The van der Waals surface area contributed by atoms with Gasteiger partial charge in [0.05, 0.1) is 16.6 Å². The molecule has 3 atom stereocenters. The number of carbonyl (C=O) groups excluding carboxylic acids is 1. The Balaban J connectivity index is 1.96. The first-order chi connectivity index (χ1) is 13.4. The van der Waals surface area contributed by atoms with Gasteiger partial charge in [0, 0.05) is 17.8 Å². The minimum Gasteiger partial charge on any atom is -0.398 e. The lowest BCUT2D eigenvalue weighted by molar-refractivity contribution is 0.0229. The van der Waals surface area contributed by atoms with Crippen molar-refractivity contribution in [3.05, 3.63) is 64.7 Å². The van der Waals surface area contributed by atoms with Gasteiger partial charge in [0.15, 0.2) is 0 Å². The van der Waals surface area contributed by atoms with Gasteiger partial charge in [-0.05, 0) is 50.4 Å². The fourth-order valence-corrected chi connectivity index (χ4v) is 4.57. The number of nitrogens with one attached hydrogen (secondary N) is 1. The van der Waals surface area contributed by atoms with Gasteiger partial charge in [0.2, 0.25) is 0 Å². The van der Waals surface area contributed by atoms with Crippen LogP contribution in [0.2, 0.25) is 5.02 Å². The van der Waals surface area contributed by atoms with Crippen molar-refractivity contribution >= 4 is 23.2 Å². The highest BCUT2D eigenvalue weighted by atomic mass is 35.5. The van der Waals surface area contributed by atoms with Crippen molar-refractivity contribution in [3.8, 4) is 0 Å². The van der Waals surface area contributed by atoms with E-state index in [9.17, 15) is 4.79 Å². The number of rotatable bonds is 5. The van der Waals surface area contributed by atoms with Crippen LogP contribution in [0, 0.1) is 5.92 Å². The van der Waals surface area contributed by atoms with E-state index in [1.807, 2.05) is 18.2 Å². The number of piperidine rings is 1. The third kappa shape index (κ3) is 4.03. The number of nitrogens with two attached hydrogens (primary N) is 1. The van der Waals surface area contributed by atoms with Gasteiger partial charge in [-0.15, -0.1) is 0 Å². The Hall–Kier alpha value is -2.04. The first-order valence-corrected chi connectivity index (χ1v) is 10.4. The lowest BCUT2D eigenvalue weighted by atomic mass is 9.75. The standard InChI is InChI=1S/C23H30ClN3O/c1-4-16-13-14-23(2,27(3)15-16)21(17-9-6-5-7-10-17)26-22(28)20-18(24)11-8-12-19(20)25/h5-12,16,21H,4,13-15,25H2,1-3H3,(H,26,28)/t16?,21-,23?/m1/s1. The molecule has 4 nitrogen and oxygen atoms in total. The van der Waals surface area contributed by atoms with Gasteiger partial charge in [-0.2, -0.15) is 0 Å². The quantitative estimate of drug-likeness (QED) is 0.702. The van der Waals surface area contributed by atoms with Crippen molar-refractivity contribution in [1.29, 1.82) is 0 Å². The SMILES string of the molecule is CCC1CCC(C)([C@H](NC(=O)c2c(N)cccc2Cl)c2ccccc2)N(C)C1. The number of nitrogens with zero attached hydrogens (tertiary/aromatic N) is 1. The number of likely N-dealkylation sites (N-methyl/N-ethyl adjacent to an activating group) is 1. The highest BCUT2D eigenvalue weighted by molar-refractivity contribution is 6.34. The number of carbonyl (C=O) groups is 1. The van der Waals surface area contributed by atoms with E-state index < -0.39 is 0 Å². The molecule has 1 aliphatic rings. The monoisotopic (exact) mass is 399 g/mol. The molecule has 1 amide bonds. The number of hydrogen-bond donors (Lipinski definition) is 2. The van der Waals surface area contributed by atoms with E-state index in [1.54, 1.807) is 18.2 Å². The van der Waals surface area contributed by atoms with Crippen LogP contribution in [0.25, 0.3) is 0 Å². The van der Waals surface area contributed by atoms with E-state index in [1.165, 1.54) is 6.42 Å². The van der Waals surface area contributed by atoms with E-state index in [0.29, 0.717) is 22.2 Å². The predicted octanol–water partition coefficient (Wildman–Crippen LogP) is 4.90. The molecule has 1 saturated heterocycles. The van der Waals surface area contributed by atoms with Crippen LogP contribution in [0.5, 0.6) is 0 Å². The van der Waals surface area contributed by atoms with Crippen molar-refractivity contribution in [2.24, 2.45) is 5.92 Å². The average molecular weight is 400 g/mol. The molecule has 0 radical (unpaired) electrons. The summed E-state index contributed by atoms with van der Waals surface area (Å²) in [5.41, 5.74) is 7.69. The molecule has 2 aromatic rings. The summed E-state index contributed by atoms with van der Waals surface area (Å²) in [6, 6.07) is 15.2. The van der Waals surface area contributed by atoms with Gasteiger partial charge in [0.1, 0.15) is 0 Å². The van der Waals surface area contributed by atoms with Crippen LogP contribution in [0.3, 0.4) is 0 Å². The number of likely N-dealkylation sites (tertiary alicyclic amines) is 1. The molecule has 28 heavy (non-hydrogen) atoms. The van der Waals surface area contributed by atoms with E-state index in [4.69, 9.17) is 17.3 Å². The fraction of sp³-hybridized carbons (Fsp3) is 0.435. The molecule has 0 saturated carbocycles. The third-order valence-electron chi connectivity index (χ3n) is 6.34. The third-order valence-corrected chi connectivity index (χ3v) is 6.66. The molecule has 1 heterocycles. The largest absolute Gasteiger partial charge is 0.398 e. The average Bonchev–Trinajstić information content (AvgIpc) is 2.69. The van der Waals surface area contributed by atoms with Crippen molar-refractivity contribution in [2.75, 3.05) is 19.3 Å². The van der Waals surface area contributed by atoms with Gasteiger partial charge >= 0.3 is 0 Å². The Morgan fingerprint density at radius 1 is 1.29 bits per heavy atom. The Bertz CT molecular complexity index is 806. The normalized spacial score (nSPS) is 23.9. The minimum absolute atomic E-state index is 0.167. The highest BCUT2D eigenvalue weighted by Crippen LogP contribution is 2.40. The number of benzene rings is 2. The molecule has 3 rings (SSSR count). The van der Waals surface area contributed by atoms with E-state index in [0.717, 1.165) is 24.9 Å². The van der Waals surface area contributed by atoms with E-state index >= 15 is 0 Å². The molecule has 0 spiro atoms. The van der Waals surface area contributed by atoms with Gasteiger partial charge in [-0.1, -0.05) is 61.3 Å². The molecule has 0 aliphatic carbocycles. The molecule has 0 aromatic heterocycles. The van der Waals surface area contributed by atoms with Gasteiger partial charge in [0.25, 0.3) is 5.91 Å². The van der Waals surface area contributed by atoms with Crippen molar-refractivity contribution < 1.29 is 4.79 Å². The molecule has 1 fully saturated rings. The molecule has 3 N–H and O–H groups in total. The summed E-state index contributed by atoms with van der Waals surface area (Å²) < 4.78 is 0. The topological polar surface area (TPSA) is 58.4 Å². The maximum atomic E-state index is 13.2. The molecule has 5 heteroatoms. The first-order valence-electron chi connectivity index (χ1n) is 9.97. The zero-order valence-electron chi connectivity index (χ0n) is 16.9. The van der Waals surface area contributed by atoms with E-state index in [-0.39, 0.29) is 17.5 Å². The number of hydrogen-bond acceptors (Lipinski definition) is 3. The molecule has 1 aliphatic heterocycles. The van der Waals surface area contributed by atoms with Crippen molar-refractivity contribution in [3.63, 3.8) is 0 Å². The summed E-state index contributed by atoms with van der Waals surface area (Å²) in [6.45, 7) is 5.52. The highest BCUT2D eigenvalue weighted by Gasteiger charge is 2.43. The van der Waals surface area contributed by atoms with Crippen molar-refractivity contribution in [2.45, 2.75) is 44.7 Å². The lowest BCUT2D eigenvalue weighted by Crippen LogP contribution is -2.57. The van der Waals surface area contributed by atoms with Crippen molar-refractivity contribution in [1.82, 2.24) is 10.2 Å². The summed E-state index contributed by atoms with van der Waals surface area (Å²) >= 11 is 6.29. The first kappa shape index (κ1) is 20.7. The molecule has 2 aromatic carbocycles. The zero-order chi connectivity index (χ0) is 20.3. The maximum absolute atomic E-state index is 13.2. The lowest BCUT2D eigenvalue weighted by Gasteiger charge is -2.50. The van der Waals surface area contributed by atoms with E-state index in [2.05, 4.69) is 43.2 Å². The fourth-order valence-electron chi connectivity index (χ4n) is 4.30. The van der Waals surface area contributed by atoms with Gasteiger partial charge in [-0.3, -0.25) is 9.69 Å². The number of halogens is 1. The van der Waals surface area contributed by atoms with Crippen LogP contribution in [-0.2, 0) is 0 Å². The Morgan fingerprint density at radius 2 is 2.00 bits per heavy atom.